The fourth-order valence-electron chi connectivity index (χ4n) is 2.15. The zero-order chi connectivity index (χ0) is 13.1. The number of hydrogen-bond donors (Lipinski definition) is 0. The maximum atomic E-state index is 12.4. The van der Waals surface area contributed by atoms with Crippen LogP contribution in [0, 0.1) is 0 Å². The predicted molar refractivity (Wildman–Crippen MR) is 78.1 cm³/mol. The molecule has 1 heterocycles. The first-order valence-electron chi connectivity index (χ1n) is 6.22. The van der Waals surface area contributed by atoms with Crippen LogP contribution in [0.25, 0.3) is 0 Å². The summed E-state index contributed by atoms with van der Waals surface area (Å²) in [6.07, 6.45) is 0. The Morgan fingerprint density at radius 3 is 2.72 bits per heavy atom. The van der Waals surface area contributed by atoms with E-state index >= 15 is 0 Å². The summed E-state index contributed by atoms with van der Waals surface area (Å²) in [5.74, 6) is 1.03. The minimum atomic E-state index is -0.566. The van der Waals surface area contributed by atoms with Gasteiger partial charge >= 0.3 is 0 Å². The highest BCUT2D eigenvalue weighted by Gasteiger charge is 2.32. The van der Waals surface area contributed by atoms with Crippen molar-refractivity contribution < 1.29 is 4.79 Å². The van der Waals surface area contributed by atoms with Gasteiger partial charge in [-0.05, 0) is 12.5 Å². The molecule has 0 bridgehead atoms. The number of alkyl halides is 1. The van der Waals surface area contributed by atoms with Crippen LogP contribution < -0.4 is 0 Å². The van der Waals surface area contributed by atoms with E-state index in [9.17, 15) is 4.79 Å². The van der Waals surface area contributed by atoms with Gasteiger partial charge in [-0.3, -0.25) is 4.79 Å². The van der Waals surface area contributed by atoms with Gasteiger partial charge in [0.25, 0.3) is 0 Å². The zero-order valence-electron chi connectivity index (χ0n) is 10.7. The summed E-state index contributed by atoms with van der Waals surface area (Å²) in [6, 6.07) is 9.82. The lowest BCUT2D eigenvalue weighted by Crippen LogP contribution is -2.49. The molecular weight excluding hydrogens is 266 g/mol. The third-order valence-electron chi connectivity index (χ3n) is 3.48. The molecule has 0 radical (unpaired) electrons. The number of benzene rings is 1. The summed E-state index contributed by atoms with van der Waals surface area (Å²) in [5, 5.41) is -0.0914. The van der Waals surface area contributed by atoms with E-state index in [-0.39, 0.29) is 11.9 Å². The quantitative estimate of drug-likeness (QED) is 0.776. The van der Waals surface area contributed by atoms with E-state index in [4.69, 9.17) is 11.6 Å². The highest BCUT2D eigenvalue weighted by Crippen LogP contribution is 2.29. The Hall–Kier alpha value is -0.670. The van der Waals surface area contributed by atoms with Gasteiger partial charge in [-0.15, -0.1) is 11.6 Å². The monoisotopic (exact) mass is 283 g/mol. The predicted octanol–water partition coefficient (Wildman–Crippen LogP) is 3.32. The molecule has 2 rings (SSSR count). The number of thioether (sulfide) groups is 1. The van der Waals surface area contributed by atoms with Crippen LogP contribution in [-0.4, -0.2) is 34.4 Å². The normalized spacial score (nSPS) is 25.8. The van der Waals surface area contributed by atoms with Gasteiger partial charge in [-0.1, -0.05) is 37.3 Å². The first-order chi connectivity index (χ1) is 8.61. The maximum absolute atomic E-state index is 12.4. The van der Waals surface area contributed by atoms with Gasteiger partial charge in [-0.25, -0.2) is 0 Å². The molecular formula is C14H18ClNOS. The highest BCUT2D eigenvalue weighted by molar-refractivity contribution is 8.00. The van der Waals surface area contributed by atoms with Crippen LogP contribution in [-0.2, 0) is 4.79 Å². The van der Waals surface area contributed by atoms with Crippen LogP contribution >= 0.6 is 23.4 Å². The van der Waals surface area contributed by atoms with Crippen LogP contribution in [0.15, 0.2) is 30.3 Å². The Morgan fingerprint density at radius 2 is 2.06 bits per heavy atom. The van der Waals surface area contributed by atoms with Gasteiger partial charge in [0.1, 0.15) is 5.38 Å². The van der Waals surface area contributed by atoms with Crippen molar-refractivity contribution in [1.82, 2.24) is 4.90 Å². The maximum Gasteiger partial charge on any atom is 0.245 e. The second-order valence-corrected chi connectivity index (χ2v) is 6.54. The van der Waals surface area contributed by atoms with Gasteiger partial charge < -0.3 is 4.90 Å². The van der Waals surface area contributed by atoms with E-state index < -0.39 is 5.38 Å². The third-order valence-corrected chi connectivity index (χ3v) is 5.25. The van der Waals surface area contributed by atoms with Crippen molar-refractivity contribution in [3.05, 3.63) is 35.9 Å². The zero-order valence-corrected chi connectivity index (χ0v) is 12.2. The minimum Gasteiger partial charge on any atom is -0.336 e. The molecule has 3 unspecified atom stereocenters. The number of nitrogens with zero attached hydrogens (tertiary/aromatic N) is 1. The molecule has 1 amide bonds. The summed E-state index contributed by atoms with van der Waals surface area (Å²) < 4.78 is 0. The number of hydrogen-bond acceptors (Lipinski definition) is 2. The lowest BCUT2D eigenvalue weighted by Gasteiger charge is -2.38. The Kier molecular flexibility index (Phi) is 4.57. The molecule has 3 atom stereocenters. The molecule has 1 saturated heterocycles. The molecule has 0 N–H and O–H groups in total. The summed E-state index contributed by atoms with van der Waals surface area (Å²) in [7, 11) is 0. The standard InChI is InChI=1S/C14H18ClNOS/c1-10-11(2)18-9-8-16(10)14(17)13(15)12-6-4-3-5-7-12/h3-7,10-11,13H,8-9H2,1-2H3. The van der Waals surface area contributed by atoms with Crippen molar-refractivity contribution in [2.24, 2.45) is 0 Å². The molecule has 2 nitrogen and oxygen atoms in total. The molecule has 1 aromatic rings. The largest absolute Gasteiger partial charge is 0.336 e. The smallest absolute Gasteiger partial charge is 0.245 e. The molecule has 1 fully saturated rings. The molecule has 98 valence electrons. The van der Waals surface area contributed by atoms with Crippen LogP contribution in [0.5, 0.6) is 0 Å². The second kappa shape index (κ2) is 5.98. The van der Waals surface area contributed by atoms with Crippen LogP contribution in [0.3, 0.4) is 0 Å². The molecule has 4 heteroatoms. The molecule has 1 aliphatic rings. The first kappa shape index (κ1) is 13.8. The lowest BCUT2D eigenvalue weighted by molar-refractivity contribution is -0.132. The fraction of sp³-hybridized carbons (Fsp3) is 0.500. The second-order valence-electron chi connectivity index (χ2n) is 4.62. The van der Waals surface area contributed by atoms with E-state index in [1.165, 1.54) is 0 Å². The summed E-state index contributed by atoms with van der Waals surface area (Å²) >= 11 is 8.22. The van der Waals surface area contributed by atoms with E-state index in [0.717, 1.165) is 17.9 Å². The molecule has 1 aliphatic heterocycles. The molecule has 0 aliphatic carbocycles. The Labute approximate surface area is 118 Å². The van der Waals surface area contributed by atoms with Gasteiger partial charge in [0.05, 0.1) is 0 Å². The number of rotatable bonds is 2. The van der Waals surface area contributed by atoms with Gasteiger partial charge in [0.2, 0.25) is 5.91 Å². The van der Waals surface area contributed by atoms with Gasteiger partial charge in [-0.2, -0.15) is 11.8 Å². The third kappa shape index (κ3) is 2.83. The molecule has 0 spiro atoms. The van der Waals surface area contributed by atoms with Crippen molar-refractivity contribution in [3.8, 4) is 0 Å². The van der Waals surface area contributed by atoms with Crippen molar-refractivity contribution in [3.63, 3.8) is 0 Å². The Balaban J connectivity index is 2.11. The van der Waals surface area contributed by atoms with Crippen molar-refractivity contribution >= 4 is 29.3 Å². The SMILES string of the molecule is CC1SCCN(C(=O)C(Cl)c2ccccc2)C1C. The van der Waals surface area contributed by atoms with E-state index in [1.54, 1.807) is 0 Å². The van der Waals surface area contributed by atoms with Gasteiger partial charge in [0, 0.05) is 23.6 Å². The van der Waals surface area contributed by atoms with Crippen LogP contribution in [0.1, 0.15) is 24.8 Å². The average Bonchev–Trinajstić information content (AvgIpc) is 2.41. The van der Waals surface area contributed by atoms with Gasteiger partial charge in [0.15, 0.2) is 0 Å². The van der Waals surface area contributed by atoms with E-state index in [2.05, 4.69) is 13.8 Å². The Morgan fingerprint density at radius 1 is 1.39 bits per heavy atom. The van der Waals surface area contributed by atoms with E-state index in [0.29, 0.717) is 5.25 Å². The van der Waals surface area contributed by atoms with Crippen LogP contribution in [0.2, 0.25) is 0 Å². The molecule has 0 aromatic heterocycles. The fourth-order valence-corrected chi connectivity index (χ4v) is 3.52. The lowest BCUT2D eigenvalue weighted by atomic mass is 10.1. The number of amides is 1. The first-order valence-corrected chi connectivity index (χ1v) is 7.71. The minimum absolute atomic E-state index is 0.0301. The molecule has 0 saturated carbocycles. The molecule has 1 aromatic carbocycles. The number of carbonyl (C=O) groups excluding carboxylic acids is 1. The summed E-state index contributed by atoms with van der Waals surface area (Å²) in [4.78, 5) is 14.4. The van der Waals surface area contributed by atoms with Crippen LogP contribution in [0.4, 0.5) is 0 Å². The number of halogens is 1. The summed E-state index contributed by atoms with van der Waals surface area (Å²) in [5.41, 5.74) is 0.877. The molecule has 18 heavy (non-hydrogen) atoms. The average molecular weight is 284 g/mol. The Bertz CT molecular complexity index is 412. The summed E-state index contributed by atoms with van der Waals surface area (Å²) in [6.45, 7) is 5.06. The topological polar surface area (TPSA) is 20.3 Å². The number of carbonyl (C=O) groups is 1. The van der Waals surface area contributed by atoms with Crippen molar-refractivity contribution in [2.75, 3.05) is 12.3 Å². The van der Waals surface area contributed by atoms with E-state index in [1.807, 2.05) is 47.0 Å². The highest BCUT2D eigenvalue weighted by atomic mass is 35.5. The van der Waals surface area contributed by atoms with Crippen molar-refractivity contribution in [2.45, 2.75) is 30.5 Å². The van der Waals surface area contributed by atoms with Crippen molar-refractivity contribution in [1.29, 1.82) is 0 Å².